The van der Waals surface area contributed by atoms with Crippen LogP contribution in [0.1, 0.15) is 18.9 Å². The van der Waals surface area contributed by atoms with Crippen molar-refractivity contribution < 1.29 is 0 Å². The van der Waals surface area contributed by atoms with Crippen LogP contribution in [0.5, 0.6) is 0 Å². The molecule has 2 rings (SSSR count). The van der Waals surface area contributed by atoms with Crippen molar-refractivity contribution in [3.8, 4) is 0 Å². The lowest BCUT2D eigenvalue weighted by molar-refractivity contribution is 0.603. The molecule has 2 aromatic rings. The van der Waals surface area contributed by atoms with E-state index >= 15 is 0 Å². The Balaban J connectivity index is 2.37. The predicted molar refractivity (Wildman–Crippen MR) is 70.3 cm³/mol. The minimum absolute atomic E-state index is 0.0997. The van der Waals surface area contributed by atoms with E-state index in [2.05, 4.69) is 20.4 Å². The maximum atomic E-state index is 11.6. The van der Waals surface area contributed by atoms with E-state index in [4.69, 9.17) is 11.1 Å². The summed E-state index contributed by atoms with van der Waals surface area (Å²) in [5.41, 5.74) is 5.68. The third-order valence-corrected chi connectivity index (χ3v) is 3.32. The molecule has 8 nitrogen and oxygen atoms in total. The molecular formula is C10H13N7OS. The molecule has 19 heavy (non-hydrogen) atoms. The number of nitrogens with zero attached hydrogens (tertiary/aromatic N) is 4. The molecule has 0 aliphatic rings. The summed E-state index contributed by atoms with van der Waals surface area (Å²) < 4.78 is 1.52. The second-order valence-corrected chi connectivity index (χ2v) is 4.68. The number of hydrogen-bond acceptors (Lipinski definition) is 6. The first kappa shape index (κ1) is 13.3. The third-order valence-electron chi connectivity index (χ3n) is 2.34. The van der Waals surface area contributed by atoms with Gasteiger partial charge in [0.05, 0.1) is 11.8 Å². The molecule has 0 saturated heterocycles. The van der Waals surface area contributed by atoms with Gasteiger partial charge in [-0.25, -0.2) is 9.89 Å². The first-order valence-electron chi connectivity index (χ1n) is 5.62. The number of nitrogens with one attached hydrogen (secondary N) is 2. The lowest BCUT2D eigenvalue weighted by atomic mass is 10.3. The van der Waals surface area contributed by atoms with Gasteiger partial charge in [-0.15, -0.1) is 10.2 Å². The lowest BCUT2D eigenvalue weighted by Crippen LogP contribution is -2.17. The van der Waals surface area contributed by atoms with Crippen molar-refractivity contribution in [3.05, 3.63) is 28.3 Å². The topological polar surface area (TPSA) is 126 Å². The molecule has 0 radical (unpaired) electrons. The van der Waals surface area contributed by atoms with E-state index in [9.17, 15) is 4.79 Å². The smallest absolute Gasteiger partial charge is 0.343 e. The molecule has 100 valence electrons. The van der Waals surface area contributed by atoms with E-state index in [1.54, 1.807) is 6.07 Å². The SMILES string of the molecule is CCCn1c(Sc2nnccc2C(=N)N)n[nH]c1=O. The Bertz CT molecular complexity index is 647. The molecule has 4 N–H and O–H groups in total. The molecule has 0 spiro atoms. The number of H-pyrrole nitrogens is 1. The van der Waals surface area contributed by atoms with E-state index in [1.807, 2.05) is 6.92 Å². The normalized spacial score (nSPS) is 10.6. The fourth-order valence-corrected chi connectivity index (χ4v) is 2.41. The zero-order valence-electron chi connectivity index (χ0n) is 10.3. The Labute approximate surface area is 112 Å². The molecule has 2 heterocycles. The number of aromatic nitrogens is 5. The Kier molecular flexibility index (Phi) is 3.95. The molecular weight excluding hydrogens is 266 g/mol. The van der Waals surface area contributed by atoms with Gasteiger partial charge in [-0.2, -0.15) is 5.10 Å². The highest BCUT2D eigenvalue weighted by atomic mass is 32.2. The number of nitrogen functional groups attached to an aromatic ring is 1. The maximum absolute atomic E-state index is 11.6. The van der Waals surface area contributed by atoms with Crippen molar-refractivity contribution in [2.24, 2.45) is 5.73 Å². The highest BCUT2D eigenvalue weighted by Gasteiger charge is 2.14. The van der Waals surface area contributed by atoms with Gasteiger partial charge in [0.2, 0.25) is 0 Å². The van der Waals surface area contributed by atoms with E-state index in [1.165, 1.54) is 10.8 Å². The number of nitrogens with two attached hydrogens (primary N) is 1. The Morgan fingerprint density at radius 3 is 3.11 bits per heavy atom. The zero-order valence-corrected chi connectivity index (χ0v) is 11.1. The summed E-state index contributed by atoms with van der Waals surface area (Å²) in [6, 6.07) is 1.60. The Morgan fingerprint density at radius 2 is 2.42 bits per heavy atom. The van der Waals surface area contributed by atoms with Crippen molar-refractivity contribution >= 4 is 17.6 Å². The number of aromatic amines is 1. The van der Waals surface area contributed by atoms with Crippen LogP contribution in [0.4, 0.5) is 0 Å². The van der Waals surface area contributed by atoms with Gasteiger partial charge in [-0.3, -0.25) is 9.98 Å². The second-order valence-electron chi connectivity index (χ2n) is 3.73. The second kappa shape index (κ2) is 5.65. The van der Waals surface area contributed by atoms with Crippen LogP contribution in [0.2, 0.25) is 0 Å². The van der Waals surface area contributed by atoms with Gasteiger partial charge < -0.3 is 5.73 Å². The van der Waals surface area contributed by atoms with E-state index in [0.717, 1.165) is 18.2 Å². The fraction of sp³-hybridized carbons (Fsp3) is 0.300. The number of rotatable bonds is 5. The van der Waals surface area contributed by atoms with Crippen LogP contribution in [0.15, 0.2) is 27.2 Å². The summed E-state index contributed by atoms with van der Waals surface area (Å²) in [4.78, 5) is 11.6. The Hall–Kier alpha value is -2.16. The zero-order chi connectivity index (χ0) is 13.8. The summed E-state index contributed by atoms with van der Waals surface area (Å²) in [7, 11) is 0. The van der Waals surface area contributed by atoms with Gasteiger partial charge >= 0.3 is 5.69 Å². The quantitative estimate of drug-likeness (QED) is 0.530. The molecule has 0 amide bonds. The van der Waals surface area contributed by atoms with Crippen molar-refractivity contribution in [1.29, 1.82) is 5.41 Å². The first-order chi connectivity index (χ1) is 9.13. The average Bonchev–Trinajstić information content (AvgIpc) is 2.72. The average molecular weight is 279 g/mol. The van der Waals surface area contributed by atoms with Gasteiger partial charge in [0.25, 0.3) is 0 Å². The molecule has 0 fully saturated rings. The van der Waals surface area contributed by atoms with Crippen molar-refractivity contribution in [2.45, 2.75) is 30.1 Å². The summed E-state index contributed by atoms with van der Waals surface area (Å²) in [5, 5.41) is 22.4. The van der Waals surface area contributed by atoms with Crippen LogP contribution in [0, 0.1) is 5.41 Å². The molecule has 0 saturated carbocycles. The summed E-state index contributed by atoms with van der Waals surface area (Å²) in [6.45, 7) is 2.53. The minimum atomic E-state index is -0.266. The van der Waals surface area contributed by atoms with Crippen molar-refractivity contribution in [3.63, 3.8) is 0 Å². The van der Waals surface area contributed by atoms with Crippen molar-refractivity contribution in [1.82, 2.24) is 25.0 Å². The van der Waals surface area contributed by atoms with E-state index in [0.29, 0.717) is 22.3 Å². The first-order valence-corrected chi connectivity index (χ1v) is 6.44. The predicted octanol–water partition coefficient (Wildman–Crippen LogP) is 0.207. The van der Waals surface area contributed by atoms with Gasteiger partial charge in [-0.1, -0.05) is 6.92 Å². The molecule has 0 aromatic carbocycles. The van der Waals surface area contributed by atoms with Gasteiger partial charge in [-0.05, 0) is 24.2 Å². The van der Waals surface area contributed by atoms with Crippen LogP contribution in [-0.2, 0) is 6.54 Å². The lowest BCUT2D eigenvalue weighted by Gasteiger charge is -2.05. The van der Waals surface area contributed by atoms with Crippen LogP contribution >= 0.6 is 11.8 Å². The highest BCUT2D eigenvalue weighted by molar-refractivity contribution is 7.99. The largest absolute Gasteiger partial charge is 0.384 e. The van der Waals surface area contributed by atoms with Crippen LogP contribution in [-0.4, -0.2) is 30.8 Å². The van der Waals surface area contributed by atoms with Crippen LogP contribution < -0.4 is 11.4 Å². The van der Waals surface area contributed by atoms with E-state index in [-0.39, 0.29) is 11.5 Å². The maximum Gasteiger partial charge on any atom is 0.343 e. The standard InChI is InChI=1S/C10H13N7OS/c1-2-5-17-9(18)15-16-10(17)19-8-6(7(11)12)3-4-13-14-8/h3-4H,2,5H2,1H3,(H3,11,12)(H,15,18). The minimum Gasteiger partial charge on any atom is -0.384 e. The van der Waals surface area contributed by atoms with Gasteiger partial charge in [0, 0.05) is 6.54 Å². The highest BCUT2D eigenvalue weighted by Crippen LogP contribution is 2.25. The molecule has 2 aromatic heterocycles. The van der Waals surface area contributed by atoms with Crippen LogP contribution in [0.3, 0.4) is 0 Å². The number of amidine groups is 1. The summed E-state index contributed by atoms with van der Waals surface area (Å²) in [6.07, 6.45) is 2.28. The van der Waals surface area contributed by atoms with E-state index < -0.39 is 0 Å². The monoisotopic (exact) mass is 279 g/mol. The Morgan fingerprint density at radius 1 is 1.63 bits per heavy atom. The molecule has 0 aliphatic carbocycles. The van der Waals surface area contributed by atoms with Gasteiger partial charge in [0.15, 0.2) is 5.16 Å². The molecule has 0 unspecified atom stereocenters. The number of hydrogen-bond donors (Lipinski definition) is 3. The summed E-state index contributed by atoms with van der Waals surface area (Å²) in [5.74, 6) is -0.0997. The molecule has 0 bridgehead atoms. The van der Waals surface area contributed by atoms with Crippen molar-refractivity contribution in [2.75, 3.05) is 0 Å². The molecule has 0 atom stereocenters. The fourth-order valence-electron chi connectivity index (χ4n) is 1.49. The molecule has 9 heteroatoms. The summed E-state index contributed by atoms with van der Waals surface area (Å²) >= 11 is 1.16. The molecule has 0 aliphatic heterocycles. The van der Waals surface area contributed by atoms with Crippen LogP contribution in [0.25, 0.3) is 0 Å². The third kappa shape index (κ3) is 2.81. The van der Waals surface area contributed by atoms with Gasteiger partial charge in [0.1, 0.15) is 10.9 Å².